The number of hydrogen-bond donors (Lipinski definition) is 2. The van der Waals surface area contributed by atoms with Gasteiger partial charge in [0.05, 0.1) is 11.6 Å². The van der Waals surface area contributed by atoms with E-state index in [1.54, 1.807) is 17.1 Å². The number of aryl methyl sites for hydroxylation is 1. The Morgan fingerprint density at radius 3 is 3.12 bits per heavy atom. The second-order valence-electron chi connectivity index (χ2n) is 3.37. The summed E-state index contributed by atoms with van der Waals surface area (Å²) in [5.74, 6) is 1.21. The quantitative estimate of drug-likeness (QED) is 0.661. The van der Waals surface area contributed by atoms with Crippen molar-refractivity contribution in [3.05, 3.63) is 24.7 Å². The van der Waals surface area contributed by atoms with E-state index in [2.05, 4.69) is 30.6 Å². The van der Waals surface area contributed by atoms with Crippen molar-refractivity contribution in [2.24, 2.45) is 7.05 Å². The Kier molecular flexibility index (Phi) is 1.82. The van der Waals surface area contributed by atoms with Crippen LogP contribution in [0.2, 0.25) is 0 Å². The topological polar surface area (TPSA) is 84.3 Å². The molecule has 0 amide bonds. The molecule has 0 aliphatic carbocycles. The van der Waals surface area contributed by atoms with Crippen LogP contribution >= 0.6 is 0 Å². The largest absolute Gasteiger partial charge is 0.307 e. The molecule has 2 N–H and O–H groups in total. The van der Waals surface area contributed by atoms with Gasteiger partial charge in [-0.15, -0.1) is 0 Å². The molecular formula is C9H9N7. The van der Waals surface area contributed by atoms with Gasteiger partial charge in [0.1, 0.15) is 0 Å². The van der Waals surface area contributed by atoms with Gasteiger partial charge >= 0.3 is 0 Å². The maximum Gasteiger partial charge on any atom is 0.230 e. The average Bonchev–Trinajstić information content (AvgIpc) is 2.87. The van der Waals surface area contributed by atoms with E-state index in [-0.39, 0.29) is 0 Å². The first kappa shape index (κ1) is 8.84. The van der Waals surface area contributed by atoms with E-state index in [9.17, 15) is 0 Å². The lowest BCUT2D eigenvalue weighted by atomic mass is 10.4. The molecule has 7 nitrogen and oxygen atoms in total. The number of hydrogen-bond acceptors (Lipinski definition) is 5. The lowest BCUT2D eigenvalue weighted by Crippen LogP contribution is -1.98. The third-order valence-corrected chi connectivity index (χ3v) is 2.14. The lowest BCUT2D eigenvalue weighted by molar-refractivity contribution is 0.771. The second kappa shape index (κ2) is 3.30. The number of fused-ring (bicyclic) bond motifs is 1. The van der Waals surface area contributed by atoms with Crippen molar-refractivity contribution in [3.63, 3.8) is 0 Å². The van der Waals surface area contributed by atoms with Crippen LogP contribution in [-0.2, 0) is 7.05 Å². The van der Waals surface area contributed by atoms with Crippen LogP contribution in [0.15, 0.2) is 24.7 Å². The van der Waals surface area contributed by atoms with Gasteiger partial charge in [-0.25, -0.2) is 4.98 Å². The number of H-pyrrole nitrogens is 1. The Hall–Kier alpha value is -2.44. The summed E-state index contributed by atoms with van der Waals surface area (Å²) in [6.07, 6.45) is 5.23. The van der Waals surface area contributed by atoms with E-state index >= 15 is 0 Å². The van der Waals surface area contributed by atoms with Crippen LogP contribution < -0.4 is 5.32 Å². The maximum absolute atomic E-state index is 4.25. The highest BCUT2D eigenvalue weighted by atomic mass is 15.3. The Morgan fingerprint density at radius 1 is 1.38 bits per heavy atom. The highest BCUT2D eigenvalue weighted by Crippen LogP contribution is 2.12. The van der Waals surface area contributed by atoms with Crippen LogP contribution in [0.25, 0.3) is 11.0 Å². The summed E-state index contributed by atoms with van der Waals surface area (Å²) in [4.78, 5) is 8.40. The number of nitrogens with zero attached hydrogens (tertiary/aromatic N) is 5. The SMILES string of the molecule is Cn1ccc(Nc2ncc3cn[nH]c3n2)n1. The summed E-state index contributed by atoms with van der Waals surface area (Å²) < 4.78 is 1.71. The summed E-state index contributed by atoms with van der Waals surface area (Å²) in [7, 11) is 1.85. The van der Waals surface area contributed by atoms with Crippen LogP contribution in [0.3, 0.4) is 0 Å². The van der Waals surface area contributed by atoms with E-state index in [0.717, 1.165) is 5.39 Å². The molecule has 3 rings (SSSR count). The van der Waals surface area contributed by atoms with Gasteiger partial charge in [0.2, 0.25) is 5.95 Å². The van der Waals surface area contributed by atoms with Crippen molar-refractivity contribution in [1.82, 2.24) is 29.9 Å². The molecule has 0 spiro atoms. The third kappa shape index (κ3) is 1.48. The van der Waals surface area contributed by atoms with Gasteiger partial charge < -0.3 is 5.32 Å². The number of rotatable bonds is 2. The predicted octanol–water partition coefficient (Wildman–Crippen LogP) is 0.830. The molecular weight excluding hydrogens is 206 g/mol. The minimum atomic E-state index is 0.496. The number of aromatic nitrogens is 6. The summed E-state index contributed by atoms with van der Waals surface area (Å²) in [6, 6.07) is 1.85. The van der Waals surface area contributed by atoms with Crippen molar-refractivity contribution < 1.29 is 0 Å². The van der Waals surface area contributed by atoms with Crippen molar-refractivity contribution in [3.8, 4) is 0 Å². The van der Waals surface area contributed by atoms with Gasteiger partial charge in [-0.3, -0.25) is 9.78 Å². The molecule has 0 unspecified atom stereocenters. The van der Waals surface area contributed by atoms with Gasteiger partial charge in [0.25, 0.3) is 0 Å². The van der Waals surface area contributed by atoms with E-state index in [1.807, 2.05) is 19.3 Å². The molecule has 3 aromatic heterocycles. The second-order valence-corrected chi connectivity index (χ2v) is 3.37. The molecule has 0 aromatic carbocycles. The summed E-state index contributed by atoms with van der Waals surface area (Å²) in [6.45, 7) is 0. The highest BCUT2D eigenvalue weighted by Gasteiger charge is 2.03. The van der Waals surface area contributed by atoms with Crippen molar-refractivity contribution in [1.29, 1.82) is 0 Å². The molecule has 3 heterocycles. The molecule has 3 aromatic rings. The van der Waals surface area contributed by atoms with Gasteiger partial charge in [-0.1, -0.05) is 0 Å². The fraction of sp³-hybridized carbons (Fsp3) is 0.111. The maximum atomic E-state index is 4.25. The highest BCUT2D eigenvalue weighted by molar-refractivity contribution is 5.74. The van der Waals surface area contributed by atoms with Gasteiger partial charge in [0.15, 0.2) is 11.5 Å². The molecule has 0 saturated carbocycles. The monoisotopic (exact) mass is 215 g/mol. The zero-order valence-corrected chi connectivity index (χ0v) is 8.55. The molecule has 0 bridgehead atoms. The summed E-state index contributed by atoms with van der Waals surface area (Å²) >= 11 is 0. The molecule has 80 valence electrons. The Balaban J connectivity index is 1.94. The zero-order valence-electron chi connectivity index (χ0n) is 8.55. The molecule has 16 heavy (non-hydrogen) atoms. The lowest BCUT2D eigenvalue weighted by Gasteiger charge is -1.99. The Labute approximate surface area is 90.5 Å². The first-order valence-electron chi connectivity index (χ1n) is 4.74. The van der Waals surface area contributed by atoms with Crippen molar-refractivity contribution in [2.75, 3.05) is 5.32 Å². The fourth-order valence-corrected chi connectivity index (χ4v) is 1.39. The first-order chi connectivity index (χ1) is 7.81. The molecule has 0 fully saturated rings. The fourth-order valence-electron chi connectivity index (χ4n) is 1.39. The van der Waals surface area contributed by atoms with Crippen molar-refractivity contribution in [2.45, 2.75) is 0 Å². The van der Waals surface area contributed by atoms with Gasteiger partial charge in [-0.05, 0) is 0 Å². The minimum Gasteiger partial charge on any atom is -0.307 e. The molecule has 0 aliphatic rings. The van der Waals surface area contributed by atoms with Crippen LogP contribution in [0.5, 0.6) is 0 Å². The van der Waals surface area contributed by atoms with Crippen LogP contribution in [0.4, 0.5) is 11.8 Å². The first-order valence-corrected chi connectivity index (χ1v) is 4.74. The van der Waals surface area contributed by atoms with E-state index in [0.29, 0.717) is 17.4 Å². The third-order valence-electron chi connectivity index (χ3n) is 2.14. The molecule has 0 radical (unpaired) electrons. The molecule has 0 atom stereocenters. The predicted molar refractivity (Wildman–Crippen MR) is 58.2 cm³/mol. The Bertz CT molecular complexity index is 623. The van der Waals surface area contributed by atoms with Crippen LogP contribution in [0.1, 0.15) is 0 Å². The number of aromatic amines is 1. The van der Waals surface area contributed by atoms with Crippen LogP contribution in [0, 0.1) is 0 Å². The Morgan fingerprint density at radius 2 is 2.31 bits per heavy atom. The van der Waals surface area contributed by atoms with Gasteiger partial charge in [-0.2, -0.15) is 15.2 Å². The van der Waals surface area contributed by atoms with Crippen LogP contribution in [-0.4, -0.2) is 29.9 Å². The van der Waals surface area contributed by atoms with E-state index in [4.69, 9.17) is 0 Å². The van der Waals surface area contributed by atoms with Crippen molar-refractivity contribution >= 4 is 22.8 Å². The zero-order chi connectivity index (χ0) is 11.0. The number of anilines is 2. The molecule has 7 heteroatoms. The number of nitrogens with one attached hydrogen (secondary N) is 2. The molecule has 0 saturated heterocycles. The van der Waals surface area contributed by atoms with Gasteiger partial charge in [0, 0.05) is 25.5 Å². The smallest absolute Gasteiger partial charge is 0.230 e. The minimum absolute atomic E-state index is 0.496. The normalized spacial score (nSPS) is 10.8. The summed E-state index contributed by atoms with van der Waals surface area (Å²) in [5, 5.41) is 14.7. The summed E-state index contributed by atoms with van der Waals surface area (Å²) in [5.41, 5.74) is 0.702. The van der Waals surface area contributed by atoms with E-state index < -0.39 is 0 Å². The standard InChI is InChI=1S/C9H9N7/c1-16-3-2-7(15-16)12-9-10-4-6-5-11-14-8(6)13-9/h2-5H,1H3,(H2,10,11,12,13,14,15). The van der Waals surface area contributed by atoms with E-state index in [1.165, 1.54) is 0 Å². The molecule has 0 aliphatic heterocycles. The average molecular weight is 215 g/mol.